The fraction of sp³-hybridized carbons (Fsp3) is 0.238. The van der Waals surface area contributed by atoms with Crippen molar-refractivity contribution in [3.63, 3.8) is 0 Å². The molecule has 0 radical (unpaired) electrons. The number of hydrogen-bond donors (Lipinski definition) is 2. The molecule has 0 spiro atoms. The van der Waals surface area contributed by atoms with E-state index in [9.17, 15) is 9.59 Å². The van der Waals surface area contributed by atoms with Gasteiger partial charge in [0.05, 0.1) is 0 Å². The Morgan fingerprint density at radius 3 is 2.38 bits per heavy atom. The van der Waals surface area contributed by atoms with Gasteiger partial charge in [-0.25, -0.2) is 4.79 Å². The van der Waals surface area contributed by atoms with Crippen molar-refractivity contribution < 1.29 is 9.59 Å². The van der Waals surface area contributed by atoms with Crippen molar-refractivity contribution in [1.29, 1.82) is 0 Å². The summed E-state index contributed by atoms with van der Waals surface area (Å²) in [4.78, 5) is 24.9. The molecule has 1 aliphatic rings. The average molecular weight is 349 g/mol. The van der Waals surface area contributed by atoms with E-state index >= 15 is 0 Å². The monoisotopic (exact) mass is 349 g/mol. The van der Waals surface area contributed by atoms with Crippen LogP contribution in [0.25, 0.3) is 17.2 Å². The first-order valence-electron chi connectivity index (χ1n) is 8.80. The lowest BCUT2D eigenvalue weighted by atomic mass is 10.0. The third-order valence-corrected chi connectivity index (χ3v) is 4.57. The van der Waals surface area contributed by atoms with Gasteiger partial charge in [-0.3, -0.25) is 4.79 Å². The van der Waals surface area contributed by atoms with Gasteiger partial charge in [-0.1, -0.05) is 48.5 Å². The largest absolute Gasteiger partial charge is 0.351 e. The van der Waals surface area contributed by atoms with E-state index in [2.05, 4.69) is 29.6 Å². The smallest absolute Gasteiger partial charge is 0.314 e. The number of nitrogens with one attached hydrogen (secondary N) is 1. The van der Waals surface area contributed by atoms with Crippen molar-refractivity contribution in [2.75, 3.05) is 13.1 Å². The minimum atomic E-state index is -0.395. The Balaban J connectivity index is 1.56. The minimum Gasteiger partial charge on any atom is -0.351 e. The van der Waals surface area contributed by atoms with E-state index in [4.69, 9.17) is 5.73 Å². The standard InChI is InChI=1S/C21H23N3O2/c22-21(26)24-13-11-19(12-14-24)23-20(25)10-9-16-5-4-8-18(15-16)17-6-2-1-3-7-17/h1-10,15,19H,11-14H2,(H2,22,26)(H,23,25)/b10-9-. The molecule has 0 atom stereocenters. The maximum atomic E-state index is 12.2. The van der Waals surface area contributed by atoms with Crippen LogP contribution >= 0.6 is 0 Å². The molecule has 3 amide bonds. The highest BCUT2D eigenvalue weighted by atomic mass is 16.2. The van der Waals surface area contributed by atoms with Gasteiger partial charge >= 0.3 is 6.03 Å². The molecule has 2 aromatic rings. The second kappa shape index (κ2) is 8.34. The molecule has 134 valence electrons. The number of piperidine rings is 1. The molecule has 1 saturated heterocycles. The fourth-order valence-electron chi connectivity index (χ4n) is 3.12. The van der Waals surface area contributed by atoms with Crippen molar-refractivity contribution in [3.8, 4) is 11.1 Å². The van der Waals surface area contributed by atoms with E-state index < -0.39 is 6.03 Å². The van der Waals surface area contributed by atoms with Crippen LogP contribution < -0.4 is 11.1 Å². The lowest BCUT2D eigenvalue weighted by Gasteiger charge is -2.30. The summed E-state index contributed by atoms with van der Waals surface area (Å²) in [6.45, 7) is 1.17. The van der Waals surface area contributed by atoms with Crippen molar-refractivity contribution in [2.24, 2.45) is 5.73 Å². The summed E-state index contributed by atoms with van der Waals surface area (Å²) in [7, 11) is 0. The third-order valence-electron chi connectivity index (χ3n) is 4.57. The quantitative estimate of drug-likeness (QED) is 0.833. The summed E-state index contributed by atoms with van der Waals surface area (Å²) < 4.78 is 0. The van der Waals surface area contributed by atoms with Crippen LogP contribution in [0.2, 0.25) is 0 Å². The molecule has 5 heteroatoms. The number of urea groups is 1. The first-order chi connectivity index (χ1) is 12.6. The first-order valence-corrected chi connectivity index (χ1v) is 8.80. The fourth-order valence-corrected chi connectivity index (χ4v) is 3.12. The summed E-state index contributed by atoms with van der Waals surface area (Å²) >= 11 is 0. The highest BCUT2D eigenvalue weighted by Gasteiger charge is 2.21. The molecule has 0 aromatic heterocycles. The zero-order valence-electron chi connectivity index (χ0n) is 14.6. The molecule has 26 heavy (non-hydrogen) atoms. The minimum absolute atomic E-state index is 0.0819. The number of amides is 3. The molecule has 3 rings (SSSR count). The van der Waals surface area contributed by atoms with Gasteiger partial charge in [0.2, 0.25) is 5.91 Å². The molecule has 0 saturated carbocycles. The van der Waals surface area contributed by atoms with Crippen LogP contribution in [0.5, 0.6) is 0 Å². The normalized spacial score (nSPS) is 15.2. The number of nitrogens with two attached hydrogens (primary N) is 1. The van der Waals surface area contributed by atoms with E-state index in [1.807, 2.05) is 36.4 Å². The molecular weight excluding hydrogens is 326 g/mol. The van der Waals surface area contributed by atoms with Gasteiger partial charge in [-0.05, 0) is 41.7 Å². The number of likely N-dealkylation sites (tertiary alicyclic amines) is 1. The SMILES string of the molecule is NC(=O)N1CCC(NC(=O)/C=C\c2cccc(-c3ccccc3)c2)CC1. The maximum absolute atomic E-state index is 12.2. The number of carbonyl (C=O) groups is 2. The van der Waals surface area contributed by atoms with Crippen LogP contribution in [-0.2, 0) is 4.79 Å². The molecule has 0 unspecified atom stereocenters. The molecule has 1 aliphatic heterocycles. The maximum Gasteiger partial charge on any atom is 0.314 e. The van der Waals surface area contributed by atoms with Crippen LogP contribution in [0.3, 0.4) is 0 Å². The molecule has 1 heterocycles. The Hall–Kier alpha value is -3.08. The van der Waals surface area contributed by atoms with E-state index in [0.29, 0.717) is 13.1 Å². The van der Waals surface area contributed by atoms with Crippen LogP contribution in [0.15, 0.2) is 60.7 Å². The molecular formula is C21H23N3O2. The van der Waals surface area contributed by atoms with Crippen molar-refractivity contribution >= 4 is 18.0 Å². The molecule has 2 aromatic carbocycles. The molecule has 1 fully saturated rings. The Labute approximate surface area is 153 Å². The topological polar surface area (TPSA) is 75.4 Å². The lowest BCUT2D eigenvalue weighted by Crippen LogP contribution is -2.47. The average Bonchev–Trinajstić information content (AvgIpc) is 2.68. The molecule has 0 aliphatic carbocycles. The van der Waals surface area contributed by atoms with E-state index in [1.54, 1.807) is 11.0 Å². The number of primary amides is 1. The summed E-state index contributed by atoms with van der Waals surface area (Å²) in [5, 5.41) is 2.99. The summed E-state index contributed by atoms with van der Waals surface area (Å²) in [6.07, 6.45) is 4.84. The van der Waals surface area contributed by atoms with Crippen molar-refractivity contribution in [3.05, 3.63) is 66.2 Å². The molecule has 5 nitrogen and oxygen atoms in total. The van der Waals surface area contributed by atoms with Gasteiger partial charge in [0, 0.05) is 25.2 Å². The summed E-state index contributed by atoms with van der Waals surface area (Å²) in [5.74, 6) is -0.118. The highest BCUT2D eigenvalue weighted by Crippen LogP contribution is 2.20. The van der Waals surface area contributed by atoms with Gasteiger partial charge in [0.15, 0.2) is 0 Å². The number of benzene rings is 2. The van der Waals surface area contributed by atoms with E-state index in [-0.39, 0.29) is 11.9 Å². The van der Waals surface area contributed by atoms with Gasteiger partial charge in [0.25, 0.3) is 0 Å². The number of rotatable bonds is 4. The zero-order valence-corrected chi connectivity index (χ0v) is 14.6. The Morgan fingerprint density at radius 1 is 1.00 bits per heavy atom. The number of carbonyl (C=O) groups excluding carboxylic acids is 2. The van der Waals surface area contributed by atoms with Crippen molar-refractivity contribution in [1.82, 2.24) is 10.2 Å². The van der Waals surface area contributed by atoms with Gasteiger partial charge in [0.1, 0.15) is 0 Å². The van der Waals surface area contributed by atoms with Crippen LogP contribution in [0.1, 0.15) is 18.4 Å². The van der Waals surface area contributed by atoms with Crippen LogP contribution in [0.4, 0.5) is 4.79 Å². The predicted molar refractivity (Wildman–Crippen MR) is 103 cm³/mol. The molecule has 3 N–H and O–H groups in total. The Kier molecular flexibility index (Phi) is 5.69. The summed E-state index contributed by atoms with van der Waals surface area (Å²) in [6, 6.07) is 17.9. The Morgan fingerprint density at radius 2 is 1.69 bits per heavy atom. The highest BCUT2D eigenvalue weighted by molar-refractivity contribution is 5.92. The zero-order chi connectivity index (χ0) is 18.4. The van der Waals surface area contributed by atoms with Gasteiger partial charge in [-0.15, -0.1) is 0 Å². The second-order valence-corrected chi connectivity index (χ2v) is 6.43. The second-order valence-electron chi connectivity index (χ2n) is 6.43. The lowest BCUT2D eigenvalue weighted by molar-refractivity contribution is -0.117. The number of nitrogens with zero attached hydrogens (tertiary/aromatic N) is 1. The third kappa shape index (κ3) is 4.72. The summed E-state index contributed by atoms with van der Waals surface area (Å²) in [5.41, 5.74) is 8.51. The Bertz CT molecular complexity index is 794. The first kappa shape index (κ1) is 17.7. The van der Waals surface area contributed by atoms with Gasteiger partial charge < -0.3 is 16.0 Å². The van der Waals surface area contributed by atoms with Crippen LogP contribution in [0, 0.1) is 0 Å². The number of hydrogen-bond acceptors (Lipinski definition) is 2. The van der Waals surface area contributed by atoms with Crippen molar-refractivity contribution in [2.45, 2.75) is 18.9 Å². The van der Waals surface area contributed by atoms with E-state index in [0.717, 1.165) is 29.5 Å². The predicted octanol–water partition coefficient (Wildman–Crippen LogP) is 3.03. The molecule has 0 bridgehead atoms. The van der Waals surface area contributed by atoms with Gasteiger partial charge in [-0.2, -0.15) is 0 Å². The van der Waals surface area contributed by atoms with Crippen LogP contribution in [-0.4, -0.2) is 36.0 Å². The van der Waals surface area contributed by atoms with E-state index in [1.165, 1.54) is 0 Å².